The lowest BCUT2D eigenvalue weighted by Crippen LogP contribution is -2.46. The molecule has 1 saturated carbocycles. The first-order valence-corrected chi connectivity index (χ1v) is 6.57. The SMILES string of the molecule is Cc1nc(NC(=O)C2(c3ccccc3F)CCC2)n[nH]1. The van der Waals surface area contributed by atoms with E-state index in [1.807, 2.05) is 0 Å². The molecule has 0 atom stereocenters. The number of H-pyrrole nitrogens is 1. The normalized spacial score (nSPS) is 16.5. The number of aryl methyl sites for hydroxylation is 1. The summed E-state index contributed by atoms with van der Waals surface area (Å²) in [7, 11) is 0. The number of carbonyl (C=O) groups is 1. The first-order chi connectivity index (χ1) is 9.62. The molecule has 1 fully saturated rings. The summed E-state index contributed by atoms with van der Waals surface area (Å²) in [5.74, 6) is 0.269. The third kappa shape index (κ3) is 1.97. The molecule has 6 heteroatoms. The Balaban J connectivity index is 1.89. The van der Waals surface area contributed by atoms with Crippen molar-refractivity contribution in [3.8, 4) is 0 Å². The molecule has 1 aromatic carbocycles. The Morgan fingerprint density at radius 1 is 1.40 bits per heavy atom. The Morgan fingerprint density at radius 2 is 2.15 bits per heavy atom. The molecule has 3 rings (SSSR count). The van der Waals surface area contributed by atoms with E-state index in [0.717, 1.165) is 6.42 Å². The summed E-state index contributed by atoms with van der Waals surface area (Å²) >= 11 is 0. The molecule has 1 amide bonds. The highest BCUT2D eigenvalue weighted by Crippen LogP contribution is 2.45. The van der Waals surface area contributed by atoms with Crippen molar-refractivity contribution in [2.75, 3.05) is 5.32 Å². The zero-order valence-corrected chi connectivity index (χ0v) is 11.1. The van der Waals surface area contributed by atoms with Crippen LogP contribution in [0.15, 0.2) is 24.3 Å². The lowest BCUT2D eigenvalue weighted by Gasteiger charge is -2.40. The molecule has 1 heterocycles. The summed E-state index contributed by atoms with van der Waals surface area (Å²) in [4.78, 5) is 16.6. The van der Waals surface area contributed by atoms with Crippen LogP contribution in [0.3, 0.4) is 0 Å². The zero-order valence-electron chi connectivity index (χ0n) is 11.1. The lowest BCUT2D eigenvalue weighted by molar-refractivity contribution is -0.124. The van der Waals surface area contributed by atoms with Gasteiger partial charge in [-0.3, -0.25) is 15.2 Å². The molecule has 0 spiro atoms. The van der Waals surface area contributed by atoms with Crippen LogP contribution >= 0.6 is 0 Å². The molecule has 0 unspecified atom stereocenters. The molecule has 2 aromatic rings. The number of hydrogen-bond donors (Lipinski definition) is 2. The maximum atomic E-state index is 14.0. The molecule has 1 aliphatic carbocycles. The second-order valence-electron chi connectivity index (χ2n) is 5.11. The number of nitrogens with zero attached hydrogens (tertiary/aromatic N) is 2. The Kier molecular flexibility index (Phi) is 3.00. The van der Waals surface area contributed by atoms with Crippen molar-refractivity contribution in [2.24, 2.45) is 0 Å². The van der Waals surface area contributed by atoms with E-state index in [1.54, 1.807) is 25.1 Å². The number of benzene rings is 1. The van der Waals surface area contributed by atoms with Crippen molar-refractivity contribution >= 4 is 11.9 Å². The number of rotatable bonds is 3. The Hall–Kier alpha value is -2.24. The van der Waals surface area contributed by atoms with E-state index in [-0.39, 0.29) is 17.7 Å². The van der Waals surface area contributed by atoms with E-state index in [4.69, 9.17) is 0 Å². The maximum Gasteiger partial charge on any atom is 0.248 e. The van der Waals surface area contributed by atoms with Crippen LogP contribution in [0, 0.1) is 12.7 Å². The summed E-state index contributed by atoms with van der Waals surface area (Å²) < 4.78 is 14.0. The van der Waals surface area contributed by atoms with Gasteiger partial charge in [-0.1, -0.05) is 24.6 Å². The van der Waals surface area contributed by atoms with Gasteiger partial charge < -0.3 is 0 Å². The third-order valence-electron chi connectivity index (χ3n) is 3.85. The molecule has 20 heavy (non-hydrogen) atoms. The molecule has 1 aliphatic rings. The predicted octanol–water partition coefficient (Wildman–Crippen LogP) is 2.31. The van der Waals surface area contributed by atoms with Crippen molar-refractivity contribution < 1.29 is 9.18 Å². The van der Waals surface area contributed by atoms with Crippen LogP contribution in [-0.4, -0.2) is 21.1 Å². The molecule has 0 radical (unpaired) electrons. The van der Waals surface area contributed by atoms with Crippen molar-refractivity contribution in [2.45, 2.75) is 31.6 Å². The Bertz CT molecular complexity index is 648. The number of anilines is 1. The summed E-state index contributed by atoms with van der Waals surface area (Å²) in [6.07, 6.45) is 2.20. The first kappa shape index (κ1) is 12.8. The minimum Gasteiger partial charge on any atom is -0.292 e. The quantitative estimate of drug-likeness (QED) is 0.902. The fourth-order valence-corrected chi connectivity index (χ4v) is 2.62. The molecule has 2 N–H and O–H groups in total. The highest BCUT2D eigenvalue weighted by Gasteiger charge is 2.47. The summed E-state index contributed by atoms with van der Waals surface area (Å²) in [6, 6.07) is 6.45. The molecule has 5 nitrogen and oxygen atoms in total. The fraction of sp³-hybridized carbons (Fsp3) is 0.357. The minimum atomic E-state index is -0.792. The topological polar surface area (TPSA) is 70.7 Å². The van der Waals surface area contributed by atoms with Crippen LogP contribution in [0.4, 0.5) is 10.3 Å². The molecule has 104 valence electrons. The highest BCUT2D eigenvalue weighted by molar-refractivity contribution is 5.98. The van der Waals surface area contributed by atoms with Crippen LogP contribution in [-0.2, 0) is 10.2 Å². The minimum absolute atomic E-state index is 0.232. The molecular formula is C14H15FN4O. The van der Waals surface area contributed by atoms with Gasteiger partial charge in [0.25, 0.3) is 0 Å². The maximum absolute atomic E-state index is 14.0. The number of amides is 1. The van der Waals surface area contributed by atoms with E-state index in [1.165, 1.54) is 6.07 Å². The van der Waals surface area contributed by atoms with Gasteiger partial charge in [0.05, 0.1) is 5.41 Å². The largest absolute Gasteiger partial charge is 0.292 e. The van der Waals surface area contributed by atoms with Gasteiger partial charge in [0.2, 0.25) is 11.9 Å². The number of aromatic amines is 1. The van der Waals surface area contributed by atoms with Crippen LogP contribution in [0.25, 0.3) is 0 Å². The smallest absolute Gasteiger partial charge is 0.248 e. The van der Waals surface area contributed by atoms with Crippen molar-refractivity contribution in [3.05, 3.63) is 41.5 Å². The highest BCUT2D eigenvalue weighted by atomic mass is 19.1. The number of nitrogens with one attached hydrogen (secondary N) is 2. The number of aromatic nitrogens is 3. The summed E-state index contributed by atoms with van der Waals surface area (Å²) in [5, 5.41) is 9.22. The molecule has 0 aliphatic heterocycles. The van der Waals surface area contributed by atoms with E-state index in [9.17, 15) is 9.18 Å². The van der Waals surface area contributed by atoms with Crippen LogP contribution in [0.2, 0.25) is 0 Å². The average Bonchev–Trinajstić information content (AvgIpc) is 2.76. The number of carbonyl (C=O) groups excluding carboxylic acids is 1. The lowest BCUT2D eigenvalue weighted by atomic mass is 9.63. The molecule has 0 saturated heterocycles. The van der Waals surface area contributed by atoms with Gasteiger partial charge in [0, 0.05) is 5.56 Å². The Morgan fingerprint density at radius 3 is 2.70 bits per heavy atom. The second-order valence-corrected chi connectivity index (χ2v) is 5.11. The molecular weight excluding hydrogens is 259 g/mol. The summed E-state index contributed by atoms with van der Waals surface area (Å²) in [5.41, 5.74) is -0.337. The standard InChI is InChI=1S/C14H15FN4O/c1-9-16-13(19-18-9)17-12(20)14(7-4-8-14)10-5-2-3-6-11(10)15/h2-3,5-6H,4,7-8H2,1H3,(H2,16,17,18,19,20). The number of hydrogen-bond acceptors (Lipinski definition) is 3. The second kappa shape index (κ2) is 4.70. The molecule has 1 aromatic heterocycles. The summed E-state index contributed by atoms with van der Waals surface area (Å²) in [6.45, 7) is 1.75. The van der Waals surface area contributed by atoms with Crippen LogP contribution in [0.1, 0.15) is 30.7 Å². The average molecular weight is 274 g/mol. The zero-order chi connectivity index (χ0) is 14.2. The van der Waals surface area contributed by atoms with Crippen LogP contribution in [0.5, 0.6) is 0 Å². The van der Waals surface area contributed by atoms with E-state index in [2.05, 4.69) is 20.5 Å². The monoisotopic (exact) mass is 274 g/mol. The van der Waals surface area contributed by atoms with Gasteiger partial charge in [0.1, 0.15) is 11.6 Å². The number of halogens is 1. The van der Waals surface area contributed by atoms with Crippen molar-refractivity contribution in [3.63, 3.8) is 0 Å². The van der Waals surface area contributed by atoms with Crippen LogP contribution < -0.4 is 5.32 Å². The predicted molar refractivity (Wildman–Crippen MR) is 71.7 cm³/mol. The third-order valence-corrected chi connectivity index (χ3v) is 3.85. The van der Waals surface area contributed by atoms with Crippen molar-refractivity contribution in [1.82, 2.24) is 15.2 Å². The Labute approximate surface area is 115 Å². The van der Waals surface area contributed by atoms with E-state index >= 15 is 0 Å². The van der Waals surface area contributed by atoms with Gasteiger partial charge in [-0.25, -0.2) is 4.39 Å². The van der Waals surface area contributed by atoms with Gasteiger partial charge in [0.15, 0.2) is 0 Å². The molecule has 0 bridgehead atoms. The van der Waals surface area contributed by atoms with Gasteiger partial charge in [-0.2, -0.15) is 4.98 Å². The van der Waals surface area contributed by atoms with E-state index in [0.29, 0.717) is 24.2 Å². The first-order valence-electron chi connectivity index (χ1n) is 6.57. The van der Waals surface area contributed by atoms with E-state index < -0.39 is 5.41 Å². The van der Waals surface area contributed by atoms with Gasteiger partial charge in [-0.15, -0.1) is 5.10 Å². The fourth-order valence-electron chi connectivity index (χ4n) is 2.62. The van der Waals surface area contributed by atoms with Crippen molar-refractivity contribution in [1.29, 1.82) is 0 Å². The van der Waals surface area contributed by atoms with Gasteiger partial charge in [-0.05, 0) is 25.8 Å². The van der Waals surface area contributed by atoms with Gasteiger partial charge >= 0.3 is 0 Å².